The van der Waals surface area contributed by atoms with Gasteiger partial charge in [0, 0.05) is 24.6 Å². The molecule has 32 heavy (non-hydrogen) atoms. The molecule has 1 amide bonds. The van der Waals surface area contributed by atoms with Gasteiger partial charge in [0.15, 0.2) is 0 Å². The maximum atomic E-state index is 13.2. The Kier molecular flexibility index (Phi) is 6.63. The van der Waals surface area contributed by atoms with E-state index in [0.717, 1.165) is 19.6 Å². The van der Waals surface area contributed by atoms with Crippen LogP contribution in [0.4, 0.5) is 5.69 Å². The first kappa shape index (κ1) is 22.1. The highest BCUT2D eigenvalue weighted by molar-refractivity contribution is 7.12. The highest BCUT2D eigenvalue weighted by atomic mass is 32.1. The number of amides is 1. The van der Waals surface area contributed by atoms with Gasteiger partial charge in [-0.3, -0.25) is 19.7 Å². The number of carbonyl (C=O) groups is 2. The lowest BCUT2D eigenvalue weighted by Gasteiger charge is -2.29. The second kappa shape index (κ2) is 9.60. The van der Waals surface area contributed by atoms with Gasteiger partial charge in [-0.2, -0.15) is 0 Å². The van der Waals surface area contributed by atoms with Crippen molar-refractivity contribution in [3.8, 4) is 0 Å². The van der Waals surface area contributed by atoms with Gasteiger partial charge in [0.25, 0.3) is 5.69 Å². The van der Waals surface area contributed by atoms with Crippen molar-refractivity contribution in [2.24, 2.45) is 0 Å². The Hall–Kier alpha value is -3.08. The van der Waals surface area contributed by atoms with Crippen LogP contribution in [0.15, 0.2) is 53.1 Å². The lowest BCUT2D eigenvalue weighted by Crippen LogP contribution is -3.14. The van der Waals surface area contributed by atoms with E-state index in [4.69, 9.17) is 4.74 Å². The fraction of sp³-hybridized carbons (Fsp3) is 0.364. The van der Waals surface area contributed by atoms with E-state index < -0.39 is 28.4 Å². The van der Waals surface area contributed by atoms with Gasteiger partial charge in [0.2, 0.25) is 11.7 Å². The maximum absolute atomic E-state index is 13.2. The first-order chi connectivity index (χ1) is 15.5. The molecule has 9 nitrogen and oxygen atoms in total. The Bertz CT molecular complexity index is 1050. The third-order valence-corrected chi connectivity index (χ3v) is 6.70. The summed E-state index contributed by atoms with van der Waals surface area (Å²) in [6.07, 6.45) is 0.603. The highest BCUT2D eigenvalue weighted by Gasteiger charge is 2.42. The average molecular weight is 458 g/mol. The molecule has 2 aliphatic rings. The van der Waals surface area contributed by atoms with Crippen molar-refractivity contribution >= 4 is 28.7 Å². The minimum atomic E-state index is -1.08. The SMILES string of the molecule is O=C(C1=C([O-])C(=O)N(CCC[NH+]2CCOCC2)C1c1ccccc1[N+](=O)[O-])c1cccs1. The predicted octanol–water partition coefficient (Wildman–Crippen LogP) is 0.342. The molecule has 1 saturated heterocycles. The number of nitrogens with zero attached hydrogens (tertiary/aromatic N) is 2. The summed E-state index contributed by atoms with van der Waals surface area (Å²) in [5.41, 5.74) is -0.263. The first-order valence-electron chi connectivity index (χ1n) is 10.4. The van der Waals surface area contributed by atoms with E-state index in [1.54, 1.807) is 23.6 Å². The molecule has 0 spiro atoms. The molecule has 1 fully saturated rings. The summed E-state index contributed by atoms with van der Waals surface area (Å²) in [4.78, 5) is 40.3. The number of rotatable bonds is 8. The predicted molar refractivity (Wildman–Crippen MR) is 114 cm³/mol. The van der Waals surface area contributed by atoms with Crippen LogP contribution in [-0.2, 0) is 9.53 Å². The lowest BCUT2D eigenvalue weighted by atomic mass is 9.94. The van der Waals surface area contributed by atoms with Crippen LogP contribution in [0.25, 0.3) is 0 Å². The van der Waals surface area contributed by atoms with Crippen molar-refractivity contribution in [1.82, 2.24) is 4.90 Å². The first-order valence-corrected chi connectivity index (χ1v) is 11.3. The van der Waals surface area contributed by atoms with Gasteiger partial charge in [-0.05, 0) is 23.3 Å². The van der Waals surface area contributed by atoms with Crippen LogP contribution in [0, 0.1) is 10.1 Å². The molecule has 168 valence electrons. The number of ether oxygens (including phenoxy) is 1. The van der Waals surface area contributed by atoms with E-state index in [1.165, 1.54) is 39.3 Å². The number of para-hydroxylation sites is 1. The van der Waals surface area contributed by atoms with Crippen LogP contribution < -0.4 is 10.0 Å². The summed E-state index contributed by atoms with van der Waals surface area (Å²) in [5, 5.41) is 26.3. The van der Waals surface area contributed by atoms with Gasteiger partial charge in [0.1, 0.15) is 13.1 Å². The molecule has 0 radical (unpaired) electrons. The number of benzene rings is 1. The minimum Gasteiger partial charge on any atom is -0.868 e. The molecule has 1 unspecified atom stereocenters. The van der Waals surface area contributed by atoms with Crippen molar-refractivity contribution in [3.63, 3.8) is 0 Å². The number of quaternary nitrogens is 1. The van der Waals surface area contributed by atoms with E-state index >= 15 is 0 Å². The number of hydrogen-bond donors (Lipinski definition) is 1. The summed E-state index contributed by atoms with van der Waals surface area (Å²) in [5.74, 6) is -2.22. The van der Waals surface area contributed by atoms with Crippen LogP contribution >= 0.6 is 11.3 Å². The van der Waals surface area contributed by atoms with E-state index in [9.17, 15) is 24.8 Å². The molecule has 0 saturated carbocycles. The van der Waals surface area contributed by atoms with E-state index in [2.05, 4.69) is 0 Å². The topological polar surface area (TPSA) is 117 Å². The number of nitrogens with one attached hydrogen (secondary N) is 1. The molecule has 2 aromatic rings. The van der Waals surface area contributed by atoms with Gasteiger partial charge in [-0.1, -0.05) is 18.2 Å². The van der Waals surface area contributed by atoms with Crippen LogP contribution in [-0.4, -0.2) is 60.9 Å². The molecule has 4 rings (SSSR count). The summed E-state index contributed by atoms with van der Waals surface area (Å²) in [6, 6.07) is 8.15. The zero-order valence-corrected chi connectivity index (χ0v) is 18.1. The van der Waals surface area contributed by atoms with Crippen LogP contribution in [0.2, 0.25) is 0 Å². The Labute approximate surface area is 188 Å². The summed E-state index contributed by atoms with van der Waals surface area (Å²) >= 11 is 1.17. The smallest absolute Gasteiger partial charge is 0.275 e. The molecular formula is C22H23N3O6S. The minimum absolute atomic E-state index is 0.176. The van der Waals surface area contributed by atoms with Gasteiger partial charge < -0.3 is 19.6 Å². The van der Waals surface area contributed by atoms with Crippen molar-refractivity contribution in [2.75, 3.05) is 39.4 Å². The van der Waals surface area contributed by atoms with Crippen molar-refractivity contribution < 1.29 is 29.3 Å². The van der Waals surface area contributed by atoms with Crippen LogP contribution in [0.3, 0.4) is 0 Å². The van der Waals surface area contributed by atoms with E-state index in [-0.39, 0.29) is 23.4 Å². The quantitative estimate of drug-likeness (QED) is 0.347. The normalized spacial score (nSPS) is 19.6. The van der Waals surface area contributed by atoms with Crippen molar-refractivity contribution in [3.05, 3.63) is 73.7 Å². The van der Waals surface area contributed by atoms with E-state index in [1.807, 2.05) is 0 Å². The Morgan fingerprint density at radius 3 is 2.66 bits per heavy atom. The highest BCUT2D eigenvalue weighted by Crippen LogP contribution is 2.41. The monoisotopic (exact) mass is 457 g/mol. The molecular weight excluding hydrogens is 434 g/mol. The lowest BCUT2D eigenvalue weighted by molar-refractivity contribution is -0.908. The van der Waals surface area contributed by atoms with Crippen LogP contribution in [0.1, 0.15) is 27.7 Å². The summed E-state index contributed by atoms with van der Waals surface area (Å²) < 4.78 is 5.36. The average Bonchev–Trinajstić information content (AvgIpc) is 3.42. The molecule has 10 heteroatoms. The van der Waals surface area contributed by atoms with Gasteiger partial charge in [-0.15, -0.1) is 11.3 Å². The summed E-state index contributed by atoms with van der Waals surface area (Å²) in [6.45, 7) is 4.11. The number of morpholine rings is 1. The van der Waals surface area contributed by atoms with Crippen molar-refractivity contribution in [1.29, 1.82) is 0 Å². The Morgan fingerprint density at radius 1 is 1.22 bits per heavy atom. The molecule has 1 atom stereocenters. The number of Topliss-reactive ketones (excluding diaryl/α,β-unsaturated/α-hetero) is 1. The number of ketones is 1. The van der Waals surface area contributed by atoms with Crippen LogP contribution in [0.5, 0.6) is 0 Å². The van der Waals surface area contributed by atoms with E-state index in [0.29, 0.717) is 24.5 Å². The standard InChI is InChI=1S/C22H23N3O6S/c26-20(17-7-3-14-32-17)18-19(15-5-1-2-6-16(15)25(29)30)24(22(28)21(18)27)9-4-8-23-10-12-31-13-11-23/h1-3,5-7,14,19,27H,4,8-13H2. The fourth-order valence-corrected chi connectivity index (χ4v) is 4.94. The molecule has 2 aliphatic heterocycles. The molecule has 0 aliphatic carbocycles. The summed E-state index contributed by atoms with van der Waals surface area (Å²) in [7, 11) is 0. The third kappa shape index (κ3) is 4.29. The Morgan fingerprint density at radius 2 is 1.97 bits per heavy atom. The van der Waals surface area contributed by atoms with Gasteiger partial charge >= 0.3 is 0 Å². The third-order valence-electron chi connectivity index (χ3n) is 5.83. The molecule has 1 aromatic carbocycles. The second-order valence-electron chi connectivity index (χ2n) is 7.73. The molecule has 1 N–H and O–H groups in total. The maximum Gasteiger partial charge on any atom is 0.275 e. The molecule has 1 aromatic heterocycles. The number of nitro benzene ring substituents is 1. The largest absolute Gasteiger partial charge is 0.868 e. The number of carbonyl (C=O) groups excluding carboxylic acids is 2. The van der Waals surface area contributed by atoms with Gasteiger partial charge in [0.05, 0.1) is 41.2 Å². The number of nitro groups is 1. The van der Waals surface area contributed by atoms with Gasteiger partial charge in [-0.25, -0.2) is 0 Å². The number of hydrogen-bond acceptors (Lipinski definition) is 7. The zero-order valence-electron chi connectivity index (χ0n) is 17.3. The fourth-order valence-electron chi connectivity index (χ4n) is 4.26. The van der Waals surface area contributed by atoms with Crippen molar-refractivity contribution in [2.45, 2.75) is 12.5 Å². The zero-order chi connectivity index (χ0) is 22.7. The second-order valence-corrected chi connectivity index (χ2v) is 8.68. The molecule has 3 heterocycles. The Balaban J connectivity index is 1.67. The molecule has 0 bridgehead atoms. The number of thiophene rings is 1.